The SMILES string of the molecule is C=C/C=C\N(C)/C=C(\C)C(C)C.C=CN/C=C\C=C(/C)C(C)C.C=CN/C=C\C=C/C(C)C. The first-order chi connectivity index (χ1) is 15.5. The van der Waals surface area contributed by atoms with Crippen LogP contribution in [0.5, 0.6) is 0 Å². The Bertz CT molecular complexity index is 669. The van der Waals surface area contributed by atoms with Crippen LogP contribution in [0.2, 0.25) is 0 Å². The highest BCUT2D eigenvalue weighted by atomic mass is 15.0. The van der Waals surface area contributed by atoms with Crippen molar-refractivity contribution in [2.45, 2.75) is 55.4 Å². The van der Waals surface area contributed by atoms with Crippen LogP contribution in [0.3, 0.4) is 0 Å². The second-order valence-corrected chi connectivity index (χ2v) is 8.42. The van der Waals surface area contributed by atoms with E-state index in [-0.39, 0.29) is 0 Å². The summed E-state index contributed by atoms with van der Waals surface area (Å²) in [4.78, 5) is 2.04. The van der Waals surface area contributed by atoms with Crippen LogP contribution in [0.15, 0.2) is 111 Å². The van der Waals surface area contributed by atoms with Gasteiger partial charge in [0, 0.05) is 31.8 Å². The largest absolute Gasteiger partial charge is 0.368 e. The van der Waals surface area contributed by atoms with Gasteiger partial charge < -0.3 is 15.5 Å². The maximum Gasteiger partial charge on any atom is 0.0106 e. The van der Waals surface area contributed by atoms with Crippen LogP contribution in [0.25, 0.3) is 0 Å². The molecule has 0 unspecified atom stereocenters. The van der Waals surface area contributed by atoms with Gasteiger partial charge in [0.25, 0.3) is 0 Å². The average molecular weight is 454 g/mol. The first-order valence-corrected chi connectivity index (χ1v) is 11.6. The summed E-state index contributed by atoms with van der Waals surface area (Å²) in [6.07, 6.45) is 25.0. The van der Waals surface area contributed by atoms with Gasteiger partial charge in [-0.2, -0.15) is 0 Å². The van der Waals surface area contributed by atoms with Gasteiger partial charge in [-0.15, -0.1) is 0 Å². The van der Waals surface area contributed by atoms with E-state index in [1.54, 1.807) is 18.5 Å². The molecule has 0 aliphatic heterocycles. The molecule has 0 rings (SSSR count). The number of hydrogen-bond acceptors (Lipinski definition) is 3. The van der Waals surface area contributed by atoms with Gasteiger partial charge in [0.1, 0.15) is 0 Å². The molecule has 0 saturated carbocycles. The highest BCUT2D eigenvalue weighted by Crippen LogP contribution is 2.08. The molecular formula is C30H51N3. The molecule has 0 fully saturated rings. The summed E-state index contributed by atoms with van der Waals surface area (Å²) >= 11 is 0. The third-order valence-corrected chi connectivity index (χ3v) is 4.27. The standard InChI is InChI=1S/C11H19N.C10H17N.C9H15N/c1-6-7-8-12(5)9-11(4)10(2)3;1-5-11-8-6-7-10(4)9(2)3;1-4-10-8-6-5-7-9(2)3/h6-10H,1H2,2-5H3;5-9,11H,1H2,2-4H3;4-10H,1H2,2-3H3/b8-7-,11-9+;8-6-,10-7+;7-5-,8-6-. The monoisotopic (exact) mass is 453 g/mol. The molecule has 0 radical (unpaired) electrons. The van der Waals surface area contributed by atoms with E-state index in [0.717, 1.165) is 0 Å². The van der Waals surface area contributed by atoms with Crippen LogP contribution in [-0.4, -0.2) is 11.9 Å². The van der Waals surface area contributed by atoms with Gasteiger partial charge in [-0.25, -0.2) is 0 Å². The molecule has 0 heterocycles. The predicted octanol–water partition coefficient (Wildman–Crippen LogP) is 8.46. The fraction of sp³-hybridized carbons (Fsp3) is 0.400. The van der Waals surface area contributed by atoms with Gasteiger partial charge in [-0.05, 0) is 62.2 Å². The van der Waals surface area contributed by atoms with Gasteiger partial charge in [0.15, 0.2) is 0 Å². The molecule has 0 aromatic carbocycles. The van der Waals surface area contributed by atoms with Gasteiger partial charge >= 0.3 is 0 Å². The smallest absolute Gasteiger partial charge is 0.0106 e. The molecule has 2 N–H and O–H groups in total. The summed E-state index contributed by atoms with van der Waals surface area (Å²) in [5.74, 6) is 1.86. The second kappa shape index (κ2) is 25.3. The molecule has 0 spiro atoms. The quantitative estimate of drug-likeness (QED) is 0.290. The number of nitrogens with one attached hydrogen (secondary N) is 2. The number of hydrogen-bond donors (Lipinski definition) is 2. The Kier molecular flexibility index (Phi) is 26.6. The van der Waals surface area contributed by atoms with E-state index in [0.29, 0.717) is 17.8 Å². The molecule has 0 atom stereocenters. The maximum atomic E-state index is 3.61. The molecule has 0 aromatic heterocycles. The van der Waals surface area contributed by atoms with Crippen molar-refractivity contribution in [3.8, 4) is 0 Å². The highest BCUT2D eigenvalue weighted by molar-refractivity contribution is 5.11. The molecule has 0 aromatic rings. The van der Waals surface area contributed by atoms with E-state index < -0.39 is 0 Å². The average Bonchev–Trinajstić information content (AvgIpc) is 2.75. The summed E-state index contributed by atoms with van der Waals surface area (Å²) in [5, 5.41) is 5.74. The Hall–Kier alpha value is -2.94. The van der Waals surface area contributed by atoms with E-state index in [1.807, 2.05) is 54.9 Å². The van der Waals surface area contributed by atoms with Gasteiger partial charge in [-0.3, -0.25) is 0 Å². The van der Waals surface area contributed by atoms with Crippen LogP contribution < -0.4 is 10.6 Å². The molecule has 0 bridgehead atoms. The lowest BCUT2D eigenvalue weighted by molar-refractivity contribution is 0.601. The van der Waals surface area contributed by atoms with E-state index in [2.05, 4.69) is 104 Å². The highest BCUT2D eigenvalue weighted by Gasteiger charge is 1.95. The lowest BCUT2D eigenvalue weighted by Gasteiger charge is -2.11. The third kappa shape index (κ3) is 31.3. The van der Waals surface area contributed by atoms with Crippen molar-refractivity contribution in [2.75, 3.05) is 7.05 Å². The van der Waals surface area contributed by atoms with Crippen LogP contribution in [0.1, 0.15) is 55.4 Å². The van der Waals surface area contributed by atoms with Gasteiger partial charge in [-0.1, -0.05) is 96.7 Å². The zero-order valence-electron chi connectivity index (χ0n) is 22.8. The molecular weight excluding hydrogens is 402 g/mol. The summed E-state index contributed by atoms with van der Waals surface area (Å²) in [6, 6.07) is 0. The van der Waals surface area contributed by atoms with Gasteiger partial charge in [0.05, 0.1) is 0 Å². The van der Waals surface area contributed by atoms with E-state index in [9.17, 15) is 0 Å². The Morgan fingerprint density at radius 1 is 0.727 bits per heavy atom. The zero-order chi connectivity index (χ0) is 26.1. The maximum absolute atomic E-state index is 3.61. The molecule has 3 nitrogen and oxygen atoms in total. The van der Waals surface area contributed by atoms with E-state index >= 15 is 0 Å². The van der Waals surface area contributed by atoms with Crippen LogP contribution in [0.4, 0.5) is 0 Å². The molecule has 0 aliphatic carbocycles. The van der Waals surface area contributed by atoms with E-state index in [4.69, 9.17) is 0 Å². The van der Waals surface area contributed by atoms with Crippen molar-refractivity contribution in [2.24, 2.45) is 17.8 Å². The van der Waals surface area contributed by atoms with Crippen molar-refractivity contribution in [3.05, 3.63) is 111 Å². The number of allylic oxidation sites excluding steroid dienone is 9. The Morgan fingerprint density at radius 3 is 1.67 bits per heavy atom. The molecule has 0 aliphatic rings. The molecule has 0 saturated heterocycles. The van der Waals surface area contributed by atoms with Crippen LogP contribution in [0, 0.1) is 17.8 Å². The third-order valence-electron chi connectivity index (χ3n) is 4.27. The van der Waals surface area contributed by atoms with Crippen molar-refractivity contribution in [3.63, 3.8) is 0 Å². The lowest BCUT2D eigenvalue weighted by Crippen LogP contribution is -2.03. The molecule has 186 valence electrons. The van der Waals surface area contributed by atoms with Crippen molar-refractivity contribution in [1.82, 2.24) is 15.5 Å². The number of nitrogens with zero attached hydrogens (tertiary/aromatic N) is 1. The summed E-state index contributed by atoms with van der Waals surface area (Å²) in [6.45, 7) is 28.0. The first-order valence-electron chi connectivity index (χ1n) is 11.6. The molecule has 3 heteroatoms. The fourth-order valence-electron chi connectivity index (χ4n) is 1.69. The normalized spacial score (nSPS) is 12.2. The topological polar surface area (TPSA) is 27.3 Å². The second-order valence-electron chi connectivity index (χ2n) is 8.42. The predicted molar refractivity (Wildman–Crippen MR) is 153 cm³/mol. The summed E-state index contributed by atoms with van der Waals surface area (Å²) < 4.78 is 0. The minimum atomic E-state index is 0.615. The fourth-order valence-corrected chi connectivity index (χ4v) is 1.69. The summed E-state index contributed by atoms with van der Waals surface area (Å²) in [7, 11) is 2.02. The zero-order valence-corrected chi connectivity index (χ0v) is 22.8. The Labute approximate surface area is 206 Å². The minimum absolute atomic E-state index is 0.615. The number of rotatable bonds is 12. The minimum Gasteiger partial charge on any atom is -0.368 e. The molecule has 33 heavy (non-hydrogen) atoms. The Morgan fingerprint density at radius 2 is 1.24 bits per heavy atom. The molecule has 0 amide bonds. The lowest BCUT2D eigenvalue weighted by atomic mass is 10.1. The van der Waals surface area contributed by atoms with E-state index in [1.165, 1.54) is 11.1 Å². The summed E-state index contributed by atoms with van der Waals surface area (Å²) in [5.41, 5.74) is 2.76. The van der Waals surface area contributed by atoms with Crippen LogP contribution >= 0.6 is 0 Å². The van der Waals surface area contributed by atoms with Crippen molar-refractivity contribution in [1.29, 1.82) is 0 Å². The van der Waals surface area contributed by atoms with Crippen LogP contribution in [-0.2, 0) is 0 Å². The van der Waals surface area contributed by atoms with Gasteiger partial charge in [0.2, 0.25) is 0 Å². The Balaban J connectivity index is -0.000000411. The first kappa shape index (κ1) is 34.7. The van der Waals surface area contributed by atoms with Crippen molar-refractivity contribution >= 4 is 0 Å². The van der Waals surface area contributed by atoms with Crippen molar-refractivity contribution < 1.29 is 0 Å².